The van der Waals surface area contributed by atoms with E-state index in [0.717, 1.165) is 24.2 Å². The number of nitrogens with zero attached hydrogens (tertiary/aromatic N) is 4. The second-order valence-corrected chi connectivity index (χ2v) is 6.19. The van der Waals surface area contributed by atoms with Gasteiger partial charge >= 0.3 is 0 Å². The van der Waals surface area contributed by atoms with Crippen LogP contribution < -0.4 is 5.56 Å². The molecule has 0 spiro atoms. The minimum absolute atomic E-state index is 0.0320. The normalized spacial score (nSPS) is 11.1. The van der Waals surface area contributed by atoms with Crippen LogP contribution in [0.5, 0.6) is 0 Å². The van der Waals surface area contributed by atoms with E-state index in [9.17, 15) is 4.79 Å². The highest BCUT2D eigenvalue weighted by atomic mass is 16.1. The molecule has 0 unspecified atom stereocenters. The molecule has 4 aromatic rings. The van der Waals surface area contributed by atoms with Gasteiger partial charge in [0.05, 0.1) is 17.2 Å². The SMILES string of the molecule is O=c1c2ccccc2ncn1CCc1n[nH]c(CCc2ccccc2)n1. The highest BCUT2D eigenvalue weighted by Crippen LogP contribution is 2.06. The minimum Gasteiger partial charge on any atom is -0.298 e. The Kier molecular flexibility index (Phi) is 4.55. The fourth-order valence-corrected chi connectivity index (χ4v) is 2.95. The van der Waals surface area contributed by atoms with Gasteiger partial charge in [-0.2, -0.15) is 5.10 Å². The van der Waals surface area contributed by atoms with Crippen LogP contribution in [0.15, 0.2) is 65.7 Å². The highest BCUT2D eigenvalue weighted by Gasteiger charge is 2.07. The van der Waals surface area contributed by atoms with Gasteiger partial charge in [0.1, 0.15) is 5.82 Å². The van der Waals surface area contributed by atoms with Crippen molar-refractivity contribution in [2.24, 2.45) is 0 Å². The number of rotatable bonds is 6. The Morgan fingerprint density at radius 2 is 1.73 bits per heavy atom. The maximum atomic E-state index is 12.5. The van der Waals surface area contributed by atoms with Gasteiger partial charge in [-0.25, -0.2) is 9.97 Å². The first-order valence-electron chi connectivity index (χ1n) is 8.68. The second kappa shape index (κ2) is 7.31. The van der Waals surface area contributed by atoms with E-state index in [1.165, 1.54) is 5.56 Å². The van der Waals surface area contributed by atoms with Crippen LogP contribution >= 0.6 is 0 Å². The van der Waals surface area contributed by atoms with Gasteiger partial charge in [-0.3, -0.25) is 14.5 Å². The molecule has 2 aromatic carbocycles. The number of H-pyrrole nitrogens is 1. The lowest BCUT2D eigenvalue weighted by Gasteiger charge is -2.04. The summed E-state index contributed by atoms with van der Waals surface area (Å²) in [6.45, 7) is 0.507. The molecule has 0 aliphatic carbocycles. The summed E-state index contributed by atoms with van der Waals surface area (Å²) in [5.41, 5.74) is 1.96. The maximum Gasteiger partial charge on any atom is 0.261 e. The van der Waals surface area contributed by atoms with Gasteiger partial charge in [-0.1, -0.05) is 42.5 Å². The molecule has 0 aliphatic heterocycles. The smallest absolute Gasteiger partial charge is 0.261 e. The predicted octanol–water partition coefficient (Wildman–Crippen LogP) is 2.54. The Labute approximate surface area is 150 Å². The molecule has 2 heterocycles. The van der Waals surface area contributed by atoms with Crippen LogP contribution in [-0.2, 0) is 25.8 Å². The topological polar surface area (TPSA) is 76.5 Å². The van der Waals surface area contributed by atoms with Crippen molar-refractivity contribution in [1.82, 2.24) is 24.7 Å². The summed E-state index contributed by atoms with van der Waals surface area (Å²) in [5.74, 6) is 1.58. The Morgan fingerprint density at radius 3 is 2.62 bits per heavy atom. The van der Waals surface area contributed by atoms with Gasteiger partial charge in [-0.05, 0) is 24.1 Å². The Balaban J connectivity index is 1.40. The number of aromatic nitrogens is 5. The third-order valence-corrected chi connectivity index (χ3v) is 4.38. The van der Waals surface area contributed by atoms with Crippen LogP contribution in [0, 0.1) is 0 Å². The molecule has 0 bridgehead atoms. The molecule has 2 aromatic heterocycles. The highest BCUT2D eigenvalue weighted by molar-refractivity contribution is 5.76. The number of nitrogens with one attached hydrogen (secondary N) is 1. The molecule has 0 saturated heterocycles. The number of aryl methyl sites for hydroxylation is 4. The molecule has 0 radical (unpaired) electrons. The molecular formula is C20H19N5O. The van der Waals surface area contributed by atoms with Gasteiger partial charge in [0, 0.05) is 19.4 Å². The first-order chi connectivity index (χ1) is 12.8. The zero-order valence-electron chi connectivity index (χ0n) is 14.3. The molecule has 0 saturated carbocycles. The number of fused-ring (bicyclic) bond motifs is 1. The summed E-state index contributed by atoms with van der Waals surface area (Å²) >= 11 is 0. The third-order valence-electron chi connectivity index (χ3n) is 4.38. The van der Waals surface area contributed by atoms with E-state index in [2.05, 4.69) is 32.3 Å². The lowest BCUT2D eigenvalue weighted by molar-refractivity contribution is 0.644. The first-order valence-corrected chi connectivity index (χ1v) is 8.68. The van der Waals surface area contributed by atoms with E-state index < -0.39 is 0 Å². The van der Waals surface area contributed by atoms with E-state index in [1.54, 1.807) is 17.0 Å². The maximum absolute atomic E-state index is 12.5. The van der Waals surface area contributed by atoms with Crippen LogP contribution in [0.4, 0.5) is 0 Å². The zero-order valence-corrected chi connectivity index (χ0v) is 14.3. The molecule has 0 amide bonds. The van der Waals surface area contributed by atoms with Gasteiger partial charge < -0.3 is 0 Å². The largest absolute Gasteiger partial charge is 0.298 e. The fourth-order valence-electron chi connectivity index (χ4n) is 2.95. The lowest BCUT2D eigenvalue weighted by Crippen LogP contribution is -2.21. The van der Waals surface area contributed by atoms with E-state index in [4.69, 9.17) is 0 Å². The van der Waals surface area contributed by atoms with E-state index in [-0.39, 0.29) is 5.56 Å². The molecule has 6 heteroatoms. The number of hydrogen-bond donors (Lipinski definition) is 1. The molecule has 26 heavy (non-hydrogen) atoms. The predicted molar refractivity (Wildman–Crippen MR) is 99.9 cm³/mol. The lowest BCUT2D eigenvalue weighted by atomic mass is 10.1. The quantitative estimate of drug-likeness (QED) is 0.583. The van der Waals surface area contributed by atoms with Crippen LogP contribution in [0.2, 0.25) is 0 Å². The number of hydrogen-bond acceptors (Lipinski definition) is 4. The van der Waals surface area contributed by atoms with Crippen molar-refractivity contribution >= 4 is 10.9 Å². The van der Waals surface area contributed by atoms with Gasteiger partial charge in [0.25, 0.3) is 5.56 Å². The summed E-state index contributed by atoms with van der Waals surface area (Å²) in [5, 5.41) is 7.89. The molecule has 1 N–H and O–H groups in total. The summed E-state index contributed by atoms with van der Waals surface area (Å²) in [6.07, 6.45) is 3.91. The molecule has 6 nitrogen and oxygen atoms in total. The Morgan fingerprint density at radius 1 is 0.923 bits per heavy atom. The molecule has 0 fully saturated rings. The van der Waals surface area contributed by atoms with Gasteiger partial charge in [0.15, 0.2) is 5.82 Å². The van der Waals surface area contributed by atoms with Crippen molar-refractivity contribution in [3.05, 3.63) is 88.5 Å². The van der Waals surface area contributed by atoms with Crippen LogP contribution in [-0.4, -0.2) is 24.7 Å². The zero-order chi connectivity index (χ0) is 17.8. The van der Waals surface area contributed by atoms with Gasteiger partial charge in [-0.15, -0.1) is 0 Å². The number of para-hydroxylation sites is 1. The van der Waals surface area contributed by atoms with Crippen LogP contribution in [0.1, 0.15) is 17.2 Å². The minimum atomic E-state index is -0.0320. The Hall–Kier alpha value is -3.28. The van der Waals surface area contributed by atoms with Crippen molar-refractivity contribution in [1.29, 1.82) is 0 Å². The average Bonchev–Trinajstić information content (AvgIpc) is 3.15. The number of aromatic amines is 1. The standard InChI is InChI=1S/C20H19N5O/c26-20-16-8-4-5-9-17(16)21-14-25(20)13-12-19-22-18(23-24-19)11-10-15-6-2-1-3-7-15/h1-9,14H,10-13H2,(H,22,23,24). The van der Waals surface area contributed by atoms with Crippen molar-refractivity contribution in [2.45, 2.75) is 25.8 Å². The van der Waals surface area contributed by atoms with Crippen LogP contribution in [0.25, 0.3) is 10.9 Å². The van der Waals surface area contributed by atoms with Crippen LogP contribution in [0.3, 0.4) is 0 Å². The van der Waals surface area contributed by atoms with Crippen molar-refractivity contribution in [2.75, 3.05) is 0 Å². The van der Waals surface area contributed by atoms with E-state index >= 15 is 0 Å². The monoisotopic (exact) mass is 345 g/mol. The summed E-state index contributed by atoms with van der Waals surface area (Å²) in [6, 6.07) is 17.7. The van der Waals surface area contributed by atoms with Crippen molar-refractivity contribution in [3.8, 4) is 0 Å². The third kappa shape index (κ3) is 3.54. The average molecular weight is 345 g/mol. The summed E-state index contributed by atoms with van der Waals surface area (Å²) in [7, 11) is 0. The summed E-state index contributed by atoms with van der Waals surface area (Å²) in [4.78, 5) is 21.4. The Bertz CT molecular complexity index is 1070. The first kappa shape index (κ1) is 16.2. The van der Waals surface area contributed by atoms with E-state index in [0.29, 0.717) is 24.2 Å². The molecular weight excluding hydrogens is 326 g/mol. The van der Waals surface area contributed by atoms with Crippen molar-refractivity contribution < 1.29 is 0 Å². The second-order valence-electron chi connectivity index (χ2n) is 6.19. The van der Waals surface area contributed by atoms with E-state index in [1.807, 2.05) is 36.4 Å². The molecule has 130 valence electrons. The van der Waals surface area contributed by atoms with Gasteiger partial charge in [0.2, 0.25) is 0 Å². The fraction of sp³-hybridized carbons (Fsp3) is 0.200. The van der Waals surface area contributed by atoms with Crippen molar-refractivity contribution in [3.63, 3.8) is 0 Å². The summed E-state index contributed by atoms with van der Waals surface area (Å²) < 4.78 is 1.61. The number of benzene rings is 2. The molecule has 0 atom stereocenters. The molecule has 4 rings (SSSR count). The molecule has 0 aliphatic rings.